The predicted octanol–water partition coefficient (Wildman–Crippen LogP) is -0.850. The molecule has 1 fully saturated rings. The van der Waals surface area contributed by atoms with E-state index in [1.807, 2.05) is 0 Å². The summed E-state index contributed by atoms with van der Waals surface area (Å²) in [6, 6.07) is 0. The van der Waals surface area contributed by atoms with E-state index in [4.69, 9.17) is 30.6 Å². The molecule has 0 radical (unpaired) electrons. The molecule has 1 heterocycles. The molecule has 0 bridgehead atoms. The molecule has 19 heteroatoms. The fourth-order valence-electron chi connectivity index (χ4n) is 1.69. The lowest BCUT2D eigenvalue weighted by Crippen LogP contribution is -2.31. The van der Waals surface area contributed by atoms with E-state index in [2.05, 4.69) is 18.1 Å². The molecule has 27 heavy (non-hydrogen) atoms. The first-order valence-electron chi connectivity index (χ1n) is 6.72. The number of nitrogens with zero attached hydrogens (tertiary/aromatic N) is 1. The van der Waals surface area contributed by atoms with E-state index in [1.54, 1.807) is 0 Å². The molecule has 15 nitrogen and oxygen atoms in total. The Morgan fingerprint density at radius 2 is 1.81 bits per heavy atom. The average molecular weight is 459 g/mol. The second-order valence-electron chi connectivity index (χ2n) is 4.95. The summed E-state index contributed by atoms with van der Waals surface area (Å²) in [6.07, 6.45) is -6.08. The van der Waals surface area contributed by atoms with Crippen molar-refractivity contribution in [2.75, 3.05) is 6.61 Å². The van der Waals surface area contributed by atoms with Gasteiger partial charge in [0.1, 0.15) is 12.2 Å². The van der Waals surface area contributed by atoms with Crippen molar-refractivity contribution in [1.29, 1.82) is 5.41 Å². The number of aliphatic hydroxyl groups is 1. The number of amidine groups is 1. The van der Waals surface area contributed by atoms with Gasteiger partial charge in [-0.3, -0.25) is 14.9 Å². The first-order valence-corrected chi connectivity index (χ1v) is 11.2. The highest BCUT2D eigenvalue weighted by molar-refractivity contribution is 7.66. The van der Waals surface area contributed by atoms with Crippen molar-refractivity contribution in [3.63, 3.8) is 0 Å². The topological polar surface area (TPSA) is 252 Å². The fourth-order valence-corrected chi connectivity index (χ4v) is 4.72. The highest BCUT2D eigenvalue weighted by atomic mass is 31.3. The highest BCUT2D eigenvalue weighted by Gasteiger charge is 2.46. The minimum Gasteiger partial charge on any atom is -0.387 e. The van der Waals surface area contributed by atoms with Gasteiger partial charge in [0.25, 0.3) is 0 Å². The number of aliphatic hydroxyl groups excluding tert-OH is 1. The van der Waals surface area contributed by atoms with Crippen LogP contribution in [0.5, 0.6) is 0 Å². The molecule has 0 aromatic carbocycles. The molecule has 0 amide bonds. The Bertz CT molecular complexity index is 714. The van der Waals surface area contributed by atoms with Gasteiger partial charge in [-0.15, -0.1) is 0 Å². The highest BCUT2D eigenvalue weighted by Crippen LogP contribution is 2.66. The van der Waals surface area contributed by atoms with Crippen LogP contribution in [0.1, 0.15) is 6.42 Å². The molecule has 1 aliphatic heterocycles. The zero-order valence-electron chi connectivity index (χ0n) is 13.1. The summed E-state index contributed by atoms with van der Waals surface area (Å²) in [7, 11) is -16.7. The molecule has 0 aromatic heterocycles. The van der Waals surface area contributed by atoms with Crippen LogP contribution in [0.3, 0.4) is 0 Å². The van der Waals surface area contributed by atoms with E-state index in [1.165, 1.54) is 0 Å². The van der Waals surface area contributed by atoms with Gasteiger partial charge < -0.3 is 35.2 Å². The second-order valence-corrected chi connectivity index (χ2v) is 9.37. The van der Waals surface area contributed by atoms with Crippen LogP contribution in [-0.2, 0) is 31.6 Å². The van der Waals surface area contributed by atoms with Crippen LogP contribution in [0.2, 0.25) is 0 Å². The number of nitrogens with one attached hydrogen (secondary N) is 1. The molecular weight excluding hydrogens is 442 g/mol. The molecule has 1 saturated heterocycles. The normalized spacial score (nSPS) is 30.9. The molecule has 1 rings (SSSR count). The van der Waals surface area contributed by atoms with E-state index in [-0.39, 0.29) is 12.3 Å². The summed E-state index contributed by atoms with van der Waals surface area (Å²) in [5.41, 5.74) is 5.06. The predicted molar refractivity (Wildman–Crippen MR) is 84.4 cm³/mol. The number of hydrogen-bond acceptors (Lipinski definition) is 10. The Morgan fingerprint density at radius 3 is 2.33 bits per heavy atom. The van der Waals surface area contributed by atoms with E-state index in [0.717, 1.165) is 6.21 Å². The van der Waals surface area contributed by atoms with Crippen LogP contribution >= 0.6 is 23.5 Å². The van der Waals surface area contributed by atoms with Crippen LogP contribution in [0, 0.1) is 5.41 Å². The number of nitrogens with two attached hydrogens (primary N) is 1. The number of halogens is 1. The summed E-state index contributed by atoms with van der Waals surface area (Å²) in [6.45, 7) is -1.02. The number of aliphatic imine (C=N–C) groups is 1. The number of alkyl halides is 1. The number of phosphoric ester groups is 1. The van der Waals surface area contributed by atoms with E-state index in [0.29, 0.717) is 0 Å². The Labute approximate surface area is 150 Å². The number of hydrogen-bond donors (Lipinski definition) is 7. The molecule has 6 atom stereocenters. The van der Waals surface area contributed by atoms with Crippen molar-refractivity contribution in [1.82, 2.24) is 0 Å². The molecule has 0 saturated carbocycles. The number of rotatable bonds is 10. The van der Waals surface area contributed by atoms with Gasteiger partial charge in [0.2, 0.25) is 0 Å². The van der Waals surface area contributed by atoms with Gasteiger partial charge in [0.05, 0.1) is 12.4 Å². The third-order valence-corrected chi connectivity index (χ3v) is 6.48. The van der Waals surface area contributed by atoms with Crippen molar-refractivity contribution in [2.24, 2.45) is 10.7 Å². The minimum atomic E-state index is -5.69. The maximum Gasteiger partial charge on any atom is 0.490 e. The van der Waals surface area contributed by atoms with Crippen molar-refractivity contribution in [3.8, 4) is 0 Å². The first-order chi connectivity index (χ1) is 12.1. The lowest BCUT2D eigenvalue weighted by Gasteiger charge is -2.18. The van der Waals surface area contributed by atoms with Crippen LogP contribution < -0.4 is 5.73 Å². The Kier molecular flexibility index (Phi) is 8.39. The van der Waals surface area contributed by atoms with Crippen molar-refractivity contribution in [2.45, 2.75) is 31.0 Å². The van der Waals surface area contributed by atoms with Crippen molar-refractivity contribution < 1.29 is 60.6 Å². The number of phosphoric acid groups is 3. The molecule has 6 unspecified atom stereocenters. The molecule has 0 spiro atoms. The van der Waals surface area contributed by atoms with Gasteiger partial charge >= 0.3 is 23.5 Å². The molecule has 0 aliphatic carbocycles. The second kappa shape index (κ2) is 9.27. The lowest BCUT2D eigenvalue weighted by atomic mass is 10.1. The summed E-state index contributed by atoms with van der Waals surface area (Å²) in [5.74, 6) is -0.267. The molecule has 1 aliphatic rings. The minimum absolute atomic E-state index is 0.116. The third-order valence-electron chi connectivity index (χ3n) is 2.68. The quantitative estimate of drug-likeness (QED) is 0.120. The van der Waals surface area contributed by atoms with Gasteiger partial charge in [-0.25, -0.2) is 18.1 Å². The van der Waals surface area contributed by atoms with Crippen LogP contribution in [0.25, 0.3) is 0 Å². The molecule has 8 N–H and O–H groups in total. The molecule has 0 aromatic rings. The van der Waals surface area contributed by atoms with Crippen molar-refractivity contribution in [3.05, 3.63) is 0 Å². The average Bonchev–Trinajstić information content (AvgIpc) is 2.69. The van der Waals surface area contributed by atoms with Crippen LogP contribution in [0.15, 0.2) is 4.99 Å². The standard InChI is InChI=1S/C8H17FN3O12P3/c9-6-7(13)4(22-8(6)12-2-1-5(10)11)3-21-26(17,18)24-27(19,20)23-25(14,15)16/h2,4,6-8,13H,1,3H2,(H3,10,11)(H,17,18)(H,19,20)(H2,14,15,16). The largest absolute Gasteiger partial charge is 0.490 e. The van der Waals surface area contributed by atoms with Gasteiger partial charge in [0, 0.05) is 12.6 Å². The van der Waals surface area contributed by atoms with Gasteiger partial charge in [-0.05, 0) is 0 Å². The monoisotopic (exact) mass is 459 g/mol. The van der Waals surface area contributed by atoms with E-state index < -0.39 is 54.7 Å². The smallest absolute Gasteiger partial charge is 0.387 e. The van der Waals surface area contributed by atoms with Gasteiger partial charge in [-0.2, -0.15) is 8.62 Å². The van der Waals surface area contributed by atoms with Gasteiger partial charge in [-0.1, -0.05) is 0 Å². The maximum absolute atomic E-state index is 13.8. The van der Waals surface area contributed by atoms with Crippen molar-refractivity contribution >= 4 is 35.5 Å². The van der Waals surface area contributed by atoms with Crippen LogP contribution in [0.4, 0.5) is 4.39 Å². The third kappa shape index (κ3) is 8.96. The number of ether oxygens (including phenoxy) is 1. The Hall–Kier alpha value is -0.600. The Morgan fingerprint density at radius 1 is 1.22 bits per heavy atom. The van der Waals surface area contributed by atoms with Gasteiger partial charge in [0.15, 0.2) is 12.4 Å². The van der Waals surface area contributed by atoms with E-state index in [9.17, 15) is 28.1 Å². The maximum atomic E-state index is 13.8. The summed E-state index contributed by atoms with van der Waals surface area (Å²) < 4.78 is 63.2. The van der Waals surface area contributed by atoms with E-state index >= 15 is 0 Å². The summed E-state index contributed by atoms with van der Waals surface area (Å²) >= 11 is 0. The first kappa shape index (κ1) is 24.4. The SMILES string of the molecule is N=C(N)CC=NC1OC(COP(=O)(O)OP(=O)(O)OP(=O)(O)O)C(O)C1F. The zero-order chi connectivity index (χ0) is 21.0. The summed E-state index contributed by atoms with van der Waals surface area (Å²) in [5, 5.41) is 16.6. The Balaban J connectivity index is 2.64. The lowest BCUT2D eigenvalue weighted by molar-refractivity contribution is -0.0188. The zero-order valence-corrected chi connectivity index (χ0v) is 15.8. The molecular formula is C8H17FN3O12P3. The summed E-state index contributed by atoms with van der Waals surface area (Å²) in [4.78, 5) is 38.6. The fraction of sp³-hybridized carbons (Fsp3) is 0.750. The molecule has 158 valence electrons. The van der Waals surface area contributed by atoms with Crippen LogP contribution in [-0.4, -0.2) is 67.9 Å².